The Morgan fingerprint density at radius 2 is 1.95 bits per heavy atom. The monoisotopic (exact) mass is 289 g/mol. The van der Waals surface area contributed by atoms with Gasteiger partial charge in [0.1, 0.15) is 0 Å². The molecule has 0 aliphatic carbocycles. The normalized spacial score (nSPS) is 10.2. The predicted octanol–water partition coefficient (Wildman–Crippen LogP) is 3.88. The Morgan fingerprint density at radius 3 is 2.63 bits per heavy atom. The van der Waals surface area contributed by atoms with Gasteiger partial charge in [0.05, 0.1) is 6.42 Å². The Bertz CT molecular complexity index is 567. The van der Waals surface area contributed by atoms with E-state index in [0.29, 0.717) is 6.42 Å². The molecule has 0 saturated heterocycles. The van der Waals surface area contributed by atoms with E-state index in [4.69, 9.17) is 0 Å². The number of thioether (sulfide) groups is 1. The summed E-state index contributed by atoms with van der Waals surface area (Å²) in [5.41, 5.74) is 1.82. The molecule has 0 spiro atoms. The standard InChI is InChI=1S/C15H15NOS2/c1-19-14-4-2-3-12(10-14)16-15(17)9-11-5-7-13(18)8-6-11/h2-8,10,18H,9H2,1H3,(H,16,17). The summed E-state index contributed by atoms with van der Waals surface area (Å²) in [6.45, 7) is 0. The highest BCUT2D eigenvalue weighted by Crippen LogP contribution is 2.19. The van der Waals surface area contributed by atoms with Crippen molar-refractivity contribution in [3.05, 3.63) is 54.1 Å². The fourth-order valence-corrected chi connectivity index (χ4v) is 2.31. The number of benzene rings is 2. The van der Waals surface area contributed by atoms with Crippen LogP contribution >= 0.6 is 24.4 Å². The molecule has 0 bridgehead atoms. The van der Waals surface area contributed by atoms with Crippen LogP contribution in [0.4, 0.5) is 5.69 Å². The number of anilines is 1. The Morgan fingerprint density at radius 1 is 1.21 bits per heavy atom. The highest BCUT2D eigenvalue weighted by atomic mass is 32.2. The minimum atomic E-state index is -0.00910. The molecule has 0 radical (unpaired) electrons. The lowest BCUT2D eigenvalue weighted by Gasteiger charge is -2.06. The van der Waals surface area contributed by atoms with Gasteiger partial charge < -0.3 is 5.32 Å². The maximum Gasteiger partial charge on any atom is 0.228 e. The van der Waals surface area contributed by atoms with E-state index in [1.807, 2.05) is 54.8 Å². The van der Waals surface area contributed by atoms with E-state index in [2.05, 4.69) is 17.9 Å². The number of amides is 1. The third-order valence-electron chi connectivity index (χ3n) is 2.65. The first-order valence-electron chi connectivity index (χ1n) is 5.89. The first-order chi connectivity index (χ1) is 9.17. The molecule has 0 aromatic heterocycles. The summed E-state index contributed by atoms with van der Waals surface area (Å²) in [5.74, 6) is -0.00910. The average molecular weight is 289 g/mol. The van der Waals surface area contributed by atoms with Gasteiger partial charge in [-0.1, -0.05) is 18.2 Å². The van der Waals surface area contributed by atoms with E-state index in [1.165, 1.54) is 0 Å². The van der Waals surface area contributed by atoms with Crippen molar-refractivity contribution in [1.82, 2.24) is 0 Å². The molecular weight excluding hydrogens is 274 g/mol. The summed E-state index contributed by atoms with van der Waals surface area (Å²) >= 11 is 5.88. The summed E-state index contributed by atoms with van der Waals surface area (Å²) in [4.78, 5) is 14.0. The van der Waals surface area contributed by atoms with Crippen LogP contribution in [0, 0.1) is 0 Å². The highest BCUT2D eigenvalue weighted by Gasteiger charge is 2.04. The molecule has 2 aromatic carbocycles. The molecule has 0 unspecified atom stereocenters. The Kier molecular flexibility index (Phi) is 4.93. The van der Waals surface area contributed by atoms with Crippen molar-refractivity contribution in [1.29, 1.82) is 0 Å². The zero-order valence-electron chi connectivity index (χ0n) is 10.6. The maximum atomic E-state index is 11.9. The minimum Gasteiger partial charge on any atom is -0.326 e. The van der Waals surface area contributed by atoms with Crippen molar-refractivity contribution < 1.29 is 4.79 Å². The van der Waals surface area contributed by atoms with Gasteiger partial charge in [-0.15, -0.1) is 24.4 Å². The van der Waals surface area contributed by atoms with Gasteiger partial charge in [0.15, 0.2) is 0 Å². The smallest absolute Gasteiger partial charge is 0.228 e. The van der Waals surface area contributed by atoms with Crippen LogP contribution < -0.4 is 5.32 Å². The van der Waals surface area contributed by atoms with Crippen LogP contribution in [0.5, 0.6) is 0 Å². The number of carbonyl (C=O) groups is 1. The first-order valence-corrected chi connectivity index (χ1v) is 7.56. The van der Waals surface area contributed by atoms with E-state index < -0.39 is 0 Å². The van der Waals surface area contributed by atoms with Crippen LogP contribution in [0.3, 0.4) is 0 Å². The molecule has 2 nitrogen and oxygen atoms in total. The first kappa shape index (κ1) is 14.0. The molecule has 1 amide bonds. The summed E-state index contributed by atoms with van der Waals surface area (Å²) in [6, 6.07) is 15.4. The van der Waals surface area contributed by atoms with Crippen molar-refractivity contribution in [2.24, 2.45) is 0 Å². The number of nitrogens with one attached hydrogen (secondary N) is 1. The van der Waals surface area contributed by atoms with Gasteiger partial charge in [0, 0.05) is 15.5 Å². The Balaban J connectivity index is 1.99. The van der Waals surface area contributed by atoms with Crippen LogP contribution in [-0.4, -0.2) is 12.2 Å². The molecule has 98 valence electrons. The third kappa shape index (κ3) is 4.33. The van der Waals surface area contributed by atoms with Gasteiger partial charge in [-0.2, -0.15) is 0 Å². The molecule has 0 atom stereocenters. The topological polar surface area (TPSA) is 29.1 Å². The van der Waals surface area contributed by atoms with E-state index >= 15 is 0 Å². The largest absolute Gasteiger partial charge is 0.326 e. The zero-order chi connectivity index (χ0) is 13.7. The lowest BCUT2D eigenvalue weighted by Crippen LogP contribution is -2.14. The quantitative estimate of drug-likeness (QED) is 0.660. The number of hydrogen-bond acceptors (Lipinski definition) is 3. The number of carbonyl (C=O) groups excluding carboxylic acids is 1. The zero-order valence-corrected chi connectivity index (χ0v) is 12.3. The minimum absolute atomic E-state index is 0.00910. The van der Waals surface area contributed by atoms with Crippen LogP contribution in [0.1, 0.15) is 5.56 Å². The van der Waals surface area contributed by atoms with Crippen molar-refractivity contribution in [3.63, 3.8) is 0 Å². The van der Waals surface area contributed by atoms with Crippen LogP contribution in [0.25, 0.3) is 0 Å². The second-order valence-corrected chi connectivity index (χ2v) is 5.52. The van der Waals surface area contributed by atoms with Gasteiger partial charge in [-0.3, -0.25) is 4.79 Å². The van der Waals surface area contributed by atoms with Gasteiger partial charge in [-0.05, 0) is 42.2 Å². The number of hydrogen-bond donors (Lipinski definition) is 2. The fraction of sp³-hybridized carbons (Fsp3) is 0.133. The SMILES string of the molecule is CSc1cccc(NC(=O)Cc2ccc(S)cc2)c1. The Hall–Kier alpha value is -1.39. The molecule has 0 heterocycles. The third-order valence-corrected chi connectivity index (χ3v) is 3.68. The summed E-state index contributed by atoms with van der Waals surface area (Å²) in [5, 5.41) is 2.91. The van der Waals surface area contributed by atoms with Gasteiger partial charge in [0.25, 0.3) is 0 Å². The number of thiol groups is 1. The summed E-state index contributed by atoms with van der Waals surface area (Å²) < 4.78 is 0. The lowest BCUT2D eigenvalue weighted by atomic mass is 10.1. The molecule has 2 rings (SSSR count). The van der Waals surface area contributed by atoms with Gasteiger partial charge in [0.2, 0.25) is 5.91 Å². The highest BCUT2D eigenvalue weighted by molar-refractivity contribution is 7.98. The average Bonchev–Trinajstić information content (AvgIpc) is 2.41. The molecule has 2 aromatic rings. The van der Waals surface area contributed by atoms with Gasteiger partial charge in [-0.25, -0.2) is 0 Å². The second kappa shape index (κ2) is 6.68. The summed E-state index contributed by atoms with van der Waals surface area (Å²) in [7, 11) is 0. The summed E-state index contributed by atoms with van der Waals surface area (Å²) in [6.07, 6.45) is 2.39. The van der Waals surface area contributed by atoms with Crippen molar-refractivity contribution in [2.45, 2.75) is 16.2 Å². The predicted molar refractivity (Wildman–Crippen MR) is 84.3 cm³/mol. The van der Waals surface area contributed by atoms with E-state index in [9.17, 15) is 4.79 Å². The molecule has 19 heavy (non-hydrogen) atoms. The van der Waals surface area contributed by atoms with Crippen molar-refractivity contribution >= 4 is 36.0 Å². The van der Waals surface area contributed by atoms with Crippen LogP contribution in [0.15, 0.2) is 58.3 Å². The molecule has 0 aliphatic heterocycles. The van der Waals surface area contributed by atoms with Crippen molar-refractivity contribution in [3.8, 4) is 0 Å². The van der Waals surface area contributed by atoms with Crippen molar-refractivity contribution in [2.75, 3.05) is 11.6 Å². The number of rotatable bonds is 4. The molecule has 4 heteroatoms. The van der Waals surface area contributed by atoms with Gasteiger partial charge >= 0.3 is 0 Å². The lowest BCUT2D eigenvalue weighted by molar-refractivity contribution is -0.115. The molecule has 0 aliphatic rings. The fourth-order valence-electron chi connectivity index (χ4n) is 1.71. The van der Waals surface area contributed by atoms with Crippen LogP contribution in [-0.2, 0) is 11.2 Å². The molecule has 1 N–H and O–H groups in total. The van der Waals surface area contributed by atoms with E-state index in [-0.39, 0.29) is 5.91 Å². The van der Waals surface area contributed by atoms with E-state index in [1.54, 1.807) is 11.8 Å². The molecule has 0 fully saturated rings. The Labute approximate surface area is 123 Å². The van der Waals surface area contributed by atoms with Crippen LogP contribution in [0.2, 0.25) is 0 Å². The van der Waals surface area contributed by atoms with E-state index in [0.717, 1.165) is 21.0 Å². The molecular formula is C15H15NOS2. The molecule has 0 saturated carbocycles. The second-order valence-electron chi connectivity index (χ2n) is 4.12. The maximum absolute atomic E-state index is 11.9.